The first-order valence-corrected chi connectivity index (χ1v) is 9.46. The van der Waals surface area contributed by atoms with E-state index in [2.05, 4.69) is 10.2 Å². The van der Waals surface area contributed by atoms with E-state index in [9.17, 15) is 4.79 Å². The lowest BCUT2D eigenvalue weighted by Crippen LogP contribution is -2.31. The van der Waals surface area contributed by atoms with E-state index >= 15 is 0 Å². The summed E-state index contributed by atoms with van der Waals surface area (Å²) in [5.41, 5.74) is 0.600. The number of halogens is 1. The minimum Gasteiger partial charge on any atom is -0.495 e. The number of carbonyl (C=O) groups is 1. The summed E-state index contributed by atoms with van der Waals surface area (Å²) >= 11 is 6.02. The molecule has 5 nitrogen and oxygen atoms in total. The van der Waals surface area contributed by atoms with Crippen LogP contribution in [-0.4, -0.2) is 31.0 Å². The van der Waals surface area contributed by atoms with E-state index in [4.69, 9.17) is 20.8 Å². The van der Waals surface area contributed by atoms with Crippen LogP contribution in [0, 0.1) is 0 Å². The number of nitrogens with one attached hydrogen (secondary N) is 1. The molecule has 0 aliphatic carbocycles. The van der Waals surface area contributed by atoms with E-state index in [1.165, 1.54) is 12.8 Å². The van der Waals surface area contributed by atoms with Crippen molar-refractivity contribution in [3.8, 4) is 5.75 Å². The first-order chi connectivity index (χ1) is 12.7. The summed E-state index contributed by atoms with van der Waals surface area (Å²) in [6.45, 7) is 1.68. The number of nitrogens with zero attached hydrogens (tertiary/aromatic N) is 1. The van der Waals surface area contributed by atoms with E-state index in [1.807, 2.05) is 12.1 Å². The van der Waals surface area contributed by atoms with Gasteiger partial charge in [-0.15, -0.1) is 0 Å². The third-order valence-corrected chi connectivity index (χ3v) is 5.03. The van der Waals surface area contributed by atoms with Crippen molar-refractivity contribution < 1.29 is 13.9 Å². The van der Waals surface area contributed by atoms with Gasteiger partial charge in [-0.05, 0) is 49.7 Å². The van der Waals surface area contributed by atoms with Crippen molar-refractivity contribution in [2.75, 3.05) is 25.5 Å². The number of hydrogen-bond acceptors (Lipinski definition) is 4. The van der Waals surface area contributed by atoms with E-state index in [0.717, 1.165) is 25.1 Å². The van der Waals surface area contributed by atoms with E-state index < -0.39 is 0 Å². The van der Waals surface area contributed by atoms with E-state index in [1.54, 1.807) is 31.6 Å². The molecular weight excluding hydrogens is 352 g/mol. The van der Waals surface area contributed by atoms with E-state index in [-0.39, 0.29) is 11.9 Å². The van der Waals surface area contributed by atoms with Crippen LogP contribution in [0.3, 0.4) is 0 Å². The lowest BCUT2D eigenvalue weighted by molar-refractivity contribution is -0.116. The Bertz CT molecular complexity index is 718. The molecule has 1 fully saturated rings. The molecule has 1 aliphatic rings. The molecule has 0 radical (unpaired) electrons. The van der Waals surface area contributed by atoms with Crippen LogP contribution in [0.2, 0.25) is 5.02 Å². The maximum absolute atomic E-state index is 12.5. The summed E-state index contributed by atoms with van der Waals surface area (Å²) in [6.07, 6.45) is 6.76. The third-order valence-electron chi connectivity index (χ3n) is 4.80. The van der Waals surface area contributed by atoms with Gasteiger partial charge in [0, 0.05) is 18.0 Å². The number of anilines is 1. The molecule has 1 N–H and O–H groups in total. The summed E-state index contributed by atoms with van der Waals surface area (Å²) in [5.74, 6) is 1.54. The monoisotopic (exact) mass is 376 g/mol. The quantitative estimate of drug-likeness (QED) is 0.780. The fourth-order valence-electron chi connectivity index (χ4n) is 3.47. The normalized spacial score (nSPS) is 18.3. The van der Waals surface area contributed by atoms with Gasteiger partial charge >= 0.3 is 0 Å². The summed E-state index contributed by atoms with van der Waals surface area (Å²) in [4.78, 5) is 14.8. The van der Waals surface area contributed by atoms with Crippen molar-refractivity contribution in [2.45, 2.75) is 38.1 Å². The predicted octanol–water partition coefficient (Wildman–Crippen LogP) is 4.89. The zero-order chi connectivity index (χ0) is 18.4. The van der Waals surface area contributed by atoms with Crippen LogP contribution in [-0.2, 0) is 4.79 Å². The van der Waals surface area contributed by atoms with Crippen LogP contribution in [0.4, 0.5) is 5.69 Å². The summed E-state index contributed by atoms with van der Waals surface area (Å²) in [7, 11) is 1.57. The van der Waals surface area contributed by atoms with Crippen molar-refractivity contribution in [2.24, 2.45) is 0 Å². The Balaban J connectivity index is 1.61. The van der Waals surface area contributed by atoms with Crippen LogP contribution >= 0.6 is 11.6 Å². The summed E-state index contributed by atoms with van der Waals surface area (Å²) in [5, 5.41) is 3.47. The third kappa shape index (κ3) is 4.80. The number of likely N-dealkylation sites (tertiary alicyclic amines) is 1. The number of carbonyl (C=O) groups excluding carboxylic acids is 1. The molecule has 3 rings (SSSR count). The van der Waals surface area contributed by atoms with Gasteiger partial charge in [-0.25, -0.2) is 0 Å². The molecule has 1 amide bonds. The summed E-state index contributed by atoms with van der Waals surface area (Å²) in [6, 6.07) is 9.40. The fraction of sp³-hybridized carbons (Fsp3) is 0.450. The van der Waals surface area contributed by atoms with Crippen LogP contribution in [0.5, 0.6) is 5.75 Å². The molecular formula is C20H25ClN2O3. The number of methoxy groups -OCH3 is 1. The Morgan fingerprint density at radius 1 is 1.35 bits per heavy atom. The predicted molar refractivity (Wildman–Crippen MR) is 103 cm³/mol. The van der Waals surface area contributed by atoms with Crippen molar-refractivity contribution in [3.05, 3.63) is 47.4 Å². The first kappa shape index (κ1) is 18.8. The maximum Gasteiger partial charge on any atom is 0.225 e. The molecule has 1 aromatic carbocycles. The van der Waals surface area contributed by atoms with Gasteiger partial charge in [0.25, 0.3) is 0 Å². The minimum absolute atomic E-state index is 0.0481. The Kier molecular flexibility index (Phi) is 6.58. The number of hydrogen-bond donors (Lipinski definition) is 1. The lowest BCUT2D eigenvalue weighted by Gasteiger charge is -2.28. The van der Waals surface area contributed by atoms with Crippen LogP contribution in [0.15, 0.2) is 41.0 Å². The minimum atomic E-state index is -0.0481. The lowest BCUT2D eigenvalue weighted by atomic mass is 10.1. The highest BCUT2D eigenvalue weighted by Crippen LogP contribution is 2.31. The Hall–Kier alpha value is -1.98. The van der Waals surface area contributed by atoms with Gasteiger partial charge in [0.15, 0.2) is 0 Å². The SMILES string of the molecule is COc1ccc(Cl)cc1NC(=O)CCN1CCCCCC1c1ccco1. The maximum atomic E-state index is 12.5. The molecule has 0 saturated carbocycles. The standard InChI is InChI=1S/C20H25ClN2O3/c1-25-18-9-8-15(21)14-16(18)22-20(24)10-12-23-11-4-2-3-6-17(23)19-7-5-13-26-19/h5,7-9,13-14,17H,2-4,6,10-12H2,1H3,(H,22,24). The zero-order valence-electron chi connectivity index (χ0n) is 15.0. The van der Waals surface area contributed by atoms with Crippen molar-refractivity contribution in [1.29, 1.82) is 0 Å². The van der Waals surface area contributed by atoms with Crippen LogP contribution < -0.4 is 10.1 Å². The number of benzene rings is 1. The molecule has 1 aromatic heterocycles. The largest absolute Gasteiger partial charge is 0.495 e. The number of amides is 1. The summed E-state index contributed by atoms with van der Waals surface area (Å²) < 4.78 is 10.9. The van der Waals surface area contributed by atoms with Crippen LogP contribution in [0.1, 0.15) is 43.9 Å². The van der Waals surface area contributed by atoms with Gasteiger partial charge < -0.3 is 14.5 Å². The van der Waals surface area contributed by atoms with Gasteiger partial charge in [0.2, 0.25) is 5.91 Å². The van der Waals surface area contributed by atoms with Crippen LogP contribution in [0.25, 0.3) is 0 Å². The number of ether oxygens (including phenoxy) is 1. The van der Waals surface area contributed by atoms with Crippen molar-refractivity contribution >= 4 is 23.2 Å². The molecule has 1 aliphatic heterocycles. The highest BCUT2D eigenvalue weighted by Gasteiger charge is 2.25. The van der Waals surface area contributed by atoms with Gasteiger partial charge in [-0.1, -0.05) is 24.4 Å². The Morgan fingerprint density at radius 3 is 3.00 bits per heavy atom. The van der Waals surface area contributed by atoms with E-state index in [0.29, 0.717) is 29.4 Å². The first-order valence-electron chi connectivity index (χ1n) is 9.08. The second-order valence-electron chi connectivity index (χ2n) is 6.56. The Morgan fingerprint density at radius 2 is 2.23 bits per heavy atom. The van der Waals surface area contributed by atoms with Gasteiger partial charge in [-0.3, -0.25) is 9.69 Å². The molecule has 0 bridgehead atoms. The van der Waals surface area contributed by atoms with Crippen molar-refractivity contribution in [3.63, 3.8) is 0 Å². The molecule has 1 unspecified atom stereocenters. The number of rotatable bonds is 6. The molecule has 0 spiro atoms. The molecule has 1 saturated heterocycles. The molecule has 6 heteroatoms. The molecule has 26 heavy (non-hydrogen) atoms. The smallest absolute Gasteiger partial charge is 0.225 e. The molecule has 1 atom stereocenters. The van der Waals surface area contributed by atoms with Gasteiger partial charge in [-0.2, -0.15) is 0 Å². The fourth-order valence-corrected chi connectivity index (χ4v) is 3.65. The van der Waals surface area contributed by atoms with Gasteiger partial charge in [0.1, 0.15) is 11.5 Å². The molecule has 140 valence electrons. The second kappa shape index (κ2) is 9.10. The second-order valence-corrected chi connectivity index (χ2v) is 7.00. The highest BCUT2D eigenvalue weighted by molar-refractivity contribution is 6.31. The van der Waals surface area contributed by atoms with Crippen molar-refractivity contribution in [1.82, 2.24) is 4.90 Å². The average molecular weight is 377 g/mol. The average Bonchev–Trinajstić information content (AvgIpc) is 3.06. The van der Waals surface area contributed by atoms with Gasteiger partial charge in [0.05, 0.1) is 25.1 Å². The highest BCUT2D eigenvalue weighted by atomic mass is 35.5. The Labute approximate surface area is 159 Å². The topological polar surface area (TPSA) is 54.7 Å². The number of furan rings is 1. The molecule has 2 aromatic rings. The zero-order valence-corrected chi connectivity index (χ0v) is 15.8. The molecule has 2 heterocycles.